The average Bonchev–Trinajstić information content (AvgIpc) is 2.73. The second kappa shape index (κ2) is 8.91. The average molecular weight is 398 g/mol. The maximum atomic E-state index is 12.7. The van der Waals surface area contributed by atoms with Gasteiger partial charge in [0.05, 0.1) is 24.1 Å². The number of nitro groups is 1. The molecule has 1 unspecified atom stereocenters. The molecule has 3 rings (SSSR count). The van der Waals surface area contributed by atoms with Crippen molar-refractivity contribution in [1.29, 1.82) is 0 Å². The first-order valence-electron chi connectivity index (χ1n) is 9.58. The molecule has 2 aromatic carbocycles. The number of nitrogens with zero attached hydrogens (tertiary/aromatic N) is 3. The molecule has 1 atom stereocenters. The lowest BCUT2D eigenvalue weighted by Crippen LogP contribution is -2.52. The maximum Gasteiger partial charge on any atom is 0.296 e. The third-order valence-electron chi connectivity index (χ3n) is 5.27. The van der Waals surface area contributed by atoms with Crippen LogP contribution in [0, 0.1) is 17.0 Å². The molecule has 1 aliphatic heterocycles. The van der Waals surface area contributed by atoms with Crippen molar-refractivity contribution >= 4 is 23.0 Å². The van der Waals surface area contributed by atoms with Gasteiger partial charge < -0.3 is 15.0 Å². The summed E-state index contributed by atoms with van der Waals surface area (Å²) in [6.07, 6.45) is 0. The summed E-state index contributed by atoms with van der Waals surface area (Å²) in [6.45, 7) is 7.03. The Bertz CT molecular complexity index is 894. The smallest absolute Gasteiger partial charge is 0.296 e. The van der Waals surface area contributed by atoms with E-state index in [4.69, 9.17) is 4.74 Å². The van der Waals surface area contributed by atoms with Crippen molar-refractivity contribution < 1.29 is 14.5 Å². The first-order chi connectivity index (χ1) is 13.9. The molecule has 8 heteroatoms. The summed E-state index contributed by atoms with van der Waals surface area (Å²) in [6, 6.07) is 12.4. The zero-order valence-corrected chi connectivity index (χ0v) is 16.9. The first kappa shape index (κ1) is 20.6. The fourth-order valence-corrected chi connectivity index (χ4v) is 3.49. The highest BCUT2D eigenvalue weighted by Gasteiger charge is 2.27. The van der Waals surface area contributed by atoms with Gasteiger partial charge >= 0.3 is 0 Å². The number of benzene rings is 2. The second-order valence-corrected chi connectivity index (χ2v) is 7.17. The topological polar surface area (TPSA) is 88.0 Å². The minimum atomic E-state index is -0.524. The summed E-state index contributed by atoms with van der Waals surface area (Å²) < 4.78 is 5.03. The number of nitro benzene ring substituents is 1. The van der Waals surface area contributed by atoms with Crippen LogP contribution in [0.2, 0.25) is 0 Å². The number of piperazine rings is 1. The van der Waals surface area contributed by atoms with Gasteiger partial charge in [-0.25, -0.2) is 0 Å². The molecular weight excluding hydrogens is 372 g/mol. The van der Waals surface area contributed by atoms with Gasteiger partial charge in [0.15, 0.2) is 0 Å². The van der Waals surface area contributed by atoms with Gasteiger partial charge in [-0.05, 0) is 43.7 Å². The zero-order valence-electron chi connectivity index (χ0n) is 16.9. The highest BCUT2D eigenvalue weighted by Crippen LogP contribution is 2.29. The van der Waals surface area contributed by atoms with Crippen LogP contribution in [0.4, 0.5) is 17.1 Å². The van der Waals surface area contributed by atoms with E-state index < -0.39 is 11.0 Å². The van der Waals surface area contributed by atoms with E-state index >= 15 is 0 Å². The van der Waals surface area contributed by atoms with E-state index in [0.717, 1.165) is 26.2 Å². The van der Waals surface area contributed by atoms with Crippen LogP contribution in [0.1, 0.15) is 12.5 Å². The Morgan fingerprint density at radius 2 is 1.90 bits per heavy atom. The molecule has 154 valence electrons. The fraction of sp³-hybridized carbons (Fsp3) is 0.381. The van der Waals surface area contributed by atoms with Crippen molar-refractivity contribution in [2.45, 2.75) is 19.9 Å². The van der Waals surface area contributed by atoms with Crippen molar-refractivity contribution in [2.75, 3.05) is 43.5 Å². The lowest BCUT2D eigenvalue weighted by molar-refractivity contribution is -0.384. The minimum Gasteiger partial charge on any atom is -0.496 e. The molecule has 0 bridgehead atoms. The van der Waals surface area contributed by atoms with E-state index in [1.54, 1.807) is 6.07 Å². The Hall–Kier alpha value is -3.13. The van der Waals surface area contributed by atoms with Crippen LogP contribution < -0.4 is 15.0 Å². The summed E-state index contributed by atoms with van der Waals surface area (Å²) in [5.41, 5.74) is 2.40. The van der Waals surface area contributed by atoms with E-state index in [-0.39, 0.29) is 17.3 Å². The van der Waals surface area contributed by atoms with Crippen LogP contribution in [0.15, 0.2) is 42.5 Å². The fourth-order valence-electron chi connectivity index (χ4n) is 3.49. The van der Waals surface area contributed by atoms with Crippen LogP contribution in [0.3, 0.4) is 0 Å². The van der Waals surface area contributed by atoms with Crippen molar-refractivity contribution in [1.82, 2.24) is 4.90 Å². The zero-order chi connectivity index (χ0) is 21.0. The molecule has 0 spiro atoms. The van der Waals surface area contributed by atoms with E-state index in [0.29, 0.717) is 5.75 Å². The highest BCUT2D eigenvalue weighted by molar-refractivity contribution is 5.96. The van der Waals surface area contributed by atoms with Gasteiger partial charge in [-0.1, -0.05) is 12.1 Å². The Kier molecular flexibility index (Phi) is 6.33. The molecule has 0 saturated carbocycles. The monoisotopic (exact) mass is 398 g/mol. The molecule has 2 aromatic rings. The van der Waals surface area contributed by atoms with Crippen LogP contribution in [0.5, 0.6) is 5.75 Å². The predicted molar refractivity (Wildman–Crippen MR) is 113 cm³/mol. The molecule has 1 N–H and O–H groups in total. The molecule has 0 aromatic heterocycles. The number of nitrogens with one attached hydrogen (secondary N) is 1. The first-order valence-corrected chi connectivity index (χ1v) is 9.58. The van der Waals surface area contributed by atoms with E-state index in [2.05, 4.69) is 46.3 Å². The SMILES string of the molecule is COc1ccc(NC(=O)C(C)N2CCN(c3cccc(C)c3)CC2)c([N+](=O)[O-])c1. The normalized spacial score (nSPS) is 15.6. The minimum absolute atomic E-state index is 0.172. The van der Waals surface area contributed by atoms with Gasteiger partial charge in [0, 0.05) is 31.9 Å². The summed E-state index contributed by atoms with van der Waals surface area (Å²) in [5.74, 6) is 0.109. The number of anilines is 2. The Labute approximate surface area is 170 Å². The molecule has 1 amide bonds. The molecule has 0 radical (unpaired) electrons. The summed E-state index contributed by atoms with van der Waals surface area (Å²) in [5, 5.41) is 14.0. The van der Waals surface area contributed by atoms with E-state index in [9.17, 15) is 14.9 Å². The number of hydrogen-bond acceptors (Lipinski definition) is 6. The number of amides is 1. The van der Waals surface area contributed by atoms with Crippen LogP contribution >= 0.6 is 0 Å². The van der Waals surface area contributed by atoms with Crippen LogP contribution in [-0.4, -0.2) is 55.1 Å². The highest BCUT2D eigenvalue weighted by atomic mass is 16.6. The molecule has 8 nitrogen and oxygen atoms in total. The Morgan fingerprint density at radius 3 is 2.52 bits per heavy atom. The van der Waals surface area contributed by atoms with E-state index in [1.165, 1.54) is 30.5 Å². The van der Waals surface area contributed by atoms with Crippen molar-refractivity contribution in [2.24, 2.45) is 0 Å². The predicted octanol–water partition coefficient (Wildman–Crippen LogP) is 3.06. The summed E-state index contributed by atoms with van der Waals surface area (Å²) in [4.78, 5) is 27.9. The molecule has 1 heterocycles. The molecular formula is C21H26N4O4. The number of ether oxygens (including phenoxy) is 1. The van der Waals surface area contributed by atoms with Crippen molar-refractivity contribution in [3.8, 4) is 5.75 Å². The van der Waals surface area contributed by atoms with Crippen molar-refractivity contribution in [3.05, 3.63) is 58.1 Å². The lowest BCUT2D eigenvalue weighted by Gasteiger charge is -2.38. The number of hydrogen-bond donors (Lipinski definition) is 1. The number of rotatable bonds is 6. The maximum absolute atomic E-state index is 12.7. The number of methoxy groups -OCH3 is 1. The van der Waals surface area contributed by atoms with Crippen LogP contribution in [-0.2, 0) is 4.79 Å². The van der Waals surface area contributed by atoms with Crippen LogP contribution in [0.25, 0.3) is 0 Å². The standard InChI is InChI=1S/C21H26N4O4/c1-15-5-4-6-17(13-15)24-11-9-23(10-12-24)16(2)21(26)22-19-8-7-18(29-3)14-20(19)25(27)28/h4-8,13-14,16H,9-12H2,1-3H3,(H,22,26). The molecule has 1 saturated heterocycles. The largest absolute Gasteiger partial charge is 0.496 e. The molecule has 29 heavy (non-hydrogen) atoms. The van der Waals surface area contributed by atoms with Gasteiger partial charge in [-0.3, -0.25) is 19.8 Å². The van der Waals surface area contributed by atoms with Gasteiger partial charge in [-0.2, -0.15) is 0 Å². The molecule has 1 aliphatic rings. The van der Waals surface area contributed by atoms with E-state index in [1.807, 2.05) is 6.92 Å². The van der Waals surface area contributed by atoms with Crippen molar-refractivity contribution in [3.63, 3.8) is 0 Å². The Balaban J connectivity index is 1.62. The lowest BCUT2D eigenvalue weighted by atomic mass is 10.1. The summed E-state index contributed by atoms with van der Waals surface area (Å²) >= 11 is 0. The number of carbonyl (C=O) groups is 1. The quantitative estimate of drug-likeness (QED) is 0.594. The Morgan fingerprint density at radius 1 is 1.17 bits per heavy atom. The molecule has 1 fully saturated rings. The number of aryl methyl sites for hydroxylation is 1. The third-order valence-corrected chi connectivity index (χ3v) is 5.27. The summed E-state index contributed by atoms with van der Waals surface area (Å²) in [7, 11) is 1.44. The van der Waals surface area contributed by atoms with Gasteiger partial charge in [-0.15, -0.1) is 0 Å². The third kappa shape index (κ3) is 4.83. The van der Waals surface area contributed by atoms with Gasteiger partial charge in [0.1, 0.15) is 11.4 Å². The molecule has 0 aliphatic carbocycles. The second-order valence-electron chi connectivity index (χ2n) is 7.17. The number of carbonyl (C=O) groups excluding carboxylic acids is 1. The van der Waals surface area contributed by atoms with Gasteiger partial charge in [0.2, 0.25) is 5.91 Å². The van der Waals surface area contributed by atoms with Gasteiger partial charge in [0.25, 0.3) is 5.69 Å².